The summed E-state index contributed by atoms with van der Waals surface area (Å²) in [6.45, 7) is 4.34. The van der Waals surface area contributed by atoms with Gasteiger partial charge in [0.15, 0.2) is 3.77 Å². The van der Waals surface area contributed by atoms with Crippen molar-refractivity contribution in [3.05, 3.63) is 20.7 Å². The van der Waals surface area contributed by atoms with Gasteiger partial charge in [0.05, 0.1) is 0 Å². The molecule has 1 aromatic rings. The van der Waals surface area contributed by atoms with Crippen molar-refractivity contribution in [2.45, 2.75) is 33.1 Å². The summed E-state index contributed by atoms with van der Waals surface area (Å²) in [6, 6.07) is 0. The van der Waals surface area contributed by atoms with E-state index < -0.39 is 5.97 Å². The topological polar surface area (TPSA) is 50.4 Å². The van der Waals surface area contributed by atoms with E-state index in [2.05, 4.69) is 13.8 Å². The van der Waals surface area contributed by atoms with E-state index in [4.69, 9.17) is 9.52 Å². The highest BCUT2D eigenvalue weighted by Gasteiger charge is 2.33. The van der Waals surface area contributed by atoms with Gasteiger partial charge in [0, 0.05) is 34.6 Å². The Morgan fingerprint density at radius 2 is 2.20 bits per heavy atom. The molecule has 1 aliphatic carbocycles. The molecule has 15 heavy (non-hydrogen) atoms. The van der Waals surface area contributed by atoms with Crippen molar-refractivity contribution >= 4 is 28.6 Å². The van der Waals surface area contributed by atoms with Crippen LogP contribution in [0.2, 0.25) is 0 Å². The Morgan fingerprint density at radius 3 is 2.80 bits per heavy atom. The monoisotopic (exact) mass is 320 g/mol. The molecule has 0 bridgehead atoms. The fourth-order valence-electron chi connectivity index (χ4n) is 2.10. The van der Waals surface area contributed by atoms with Crippen LogP contribution in [0.5, 0.6) is 0 Å². The van der Waals surface area contributed by atoms with E-state index in [1.807, 2.05) is 22.6 Å². The summed E-state index contributed by atoms with van der Waals surface area (Å²) in [7, 11) is 0. The average Bonchev–Trinajstić information content (AvgIpc) is 2.38. The molecule has 0 unspecified atom stereocenters. The zero-order valence-electron chi connectivity index (χ0n) is 8.76. The van der Waals surface area contributed by atoms with Crippen LogP contribution >= 0.6 is 22.6 Å². The average molecular weight is 320 g/mol. The normalized spacial score (nSPS) is 18.6. The van der Waals surface area contributed by atoms with E-state index in [-0.39, 0.29) is 5.41 Å². The molecule has 2 rings (SSSR count). The molecule has 1 aliphatic rings. The predicted molar refractivity (Wildman–Crippen MR) is 64.2 cm³/mol. The second-order valence-electron chi connectivity index (χ2n) is 4.80. The molecule has 0 aliphatic heterocycles. The first-order valence-corrected chi connectivity index (χ1v) is 6.02. The molecule has 1 heterocycles. The maximum atomic E-state index is 11.1. The SMILES string of the molecule is CC1(C)CCc2oc(I)c(C(=O)O)c2C1. The van der Waals surface area contributed by atoms with Crippen LogP contribution in [-0.2, 0) is 12.8 Å². The number of furan rings is 1. The number of carbonyl (C=O) groups is 1. The Balaban J connectivity index is 2.51. The third-order valence-electron chi connectivity index (χ3n) is 2.95. The van der Waals surface area contributed by atoms with Gasteiger partial charge in [0.1, 0.15) is 11.3 Å². The lowest BCUT2D eigenvalue weighted by Gasteiger charge is -2.28. The number of carboxylic acid groups (broad SMARTS) is 1. The molecule has 0 aromatic carbocycles. The highest BCUT2D eigenvalue weighted by atomic mass is 127. The van der Waals surface area contributed by atoms with Crippen molar-refractivity contribution in [3.63, 3.8) is 0 Å². The van der Waals surface area contributed by atoms with E-state index in [9.17, 15) is 4.79 Å². The van der Waals surface area contributed by atoms with Crippen LogP contribution in [0.4, 0.5) is 0 Å². The smallest absolute Gasteiger partial charge is 0.340 e. The Hall–Kier alpha value is -0.520. The van der Waals surface area contributed by atoms with Crippen molar-refractivity contribution in [1.82, 2.24) is 0 Å². The standard InChI is InChI=1S/C11H13IO3/c1-11(2)4-3-7-6(5-11)8(10(13)14)9(12)15-7/h3-5H2,1-2H3,(H,13,14). The molecule has 4 heteroatoms. The number of aromatic carboxylic acids is 1. The third-order valence-corrected chi connectivity index (χ3v) is 3.71. The lowest BCUT2D eigenvalue weighted by atomic mass is 9.76. The van der Waals surface area contributed by atoms with Crippen molar-refractivity contribution in [2.24, 2.45) is 5.41 Å². The Bertz CT molecular complexity index is 418. The minimum atomic E-state index is -0.873. The summed E-state index contributed by atoms with van der Waals surface area (Å²) in [5.74, 6) is -0.00164. The Morgan fingerprint density at radius 1 is 1.53 bits per heavy atom. The molecule has 0 atom stereocenters. The van der Waals surface area contributed by atoms with Gasteiger partial charge in [-0.2, -0.15) is 0 Å². The number of hydrogen-bond acceptors (Lipinski definition) is 2. The van der Waals surface area contributed by atoms with E-state index in [0.29, 0.717) is 9.33 Å². The van der Waals surface area contributed by atoms with Crippen LogP contribution in [0.1, 0.15) is 41.9 Å². The first-order chi connectivity index (χ1) is 6.91. The minimum Gasteiger partial charge on any atom is -0.478 e. The molecule has 0 fully saturated rings. The molecule has 0 amide bonds. The number of fused-ring (bicyclic) bond motifs is 1. The Kier molecular flexibility index (Phi) is 2.56. The van der Waals surface area contributed by atoms with Crippen molar-refractivity contribution < 1.29 is 14.3 Å². The predicted octanol–water partition coefficient (Wildman–Crippen LogP) is 3.10. The second-order valence-corrected chi connectivity index (χ2v) is 5.78. The molecule has 1 N–H and O–H groups in total. The lowest BCUT2D eigenvalue weighted by Crippen LogP contribution is -2.22. The summed E-state index contributed by atoms with van der Waals surface area (Å²) in [5, 5.41) is 9.12. The van der Waals surface area contributed by atoms with Crippen molar-refractivity contribution in [1.29, 1.82) is 0 Å². The number of aryl methyl sites for hydroxylation is 1. The first-order valence-electron chi connectivity index (χ1n) is 4.94. The van der Waals surface area contributed by atoms with Crippen LogP contribution in [0.25, 0.3) is 0 Å². The van der Waals surface area contributed by atoms with Gasteiger partial charge in [-0.05, 0) is 18.3 Å². The summed E-state index contributed by atoms with van der Waals surface area (Å²) >= 11 is 1.96. The van der Waals surface area contributed by atoms with Gasteiger partial charge in [-0.25, -0.2) is 4.79 Å². The zero-order valence-corrected chi connectivity index (χ0v) is 10.9. The van der Waals surface area contributed by atoms with Gasteiger partial charge < -0.3 is 9.52 Å². The first kappa shape index (κ1) is 11.0. The molecule has 0 spiro atoms. The van der Waals surface area contributed by atoms with Crippen LogP contribution in [0, 0.1) is 9.18 Å². The number of rotatable bonds is 1. The van der Waals surface area contributed by atoms with Crippen molar-refractivity contribution in [2.75, 3.05) is 0 Å². The van der Waals surface area contributed by atoms with Gasteiger partial charge in [0.2, 0.25) is 0 Å². The minimum absolute atomic E-state index is 0.185. The fraction of sp³-hybridized carbons (Fsp3) is 0.545. The summed E-state index contributed by atoms with van der Waals surface area (Å²) in [5.41, 5.74) is 1.46. The molecule has 82 valence electrons. The molecular formula is C11H13IO3. The number of carboxylic acids is 1. The van der Waals surface area contributed by atoms with E-state index >= 15 is 0 Å². The van der Waals surface area contributed by atoms with Crippen molar-refractivity contribution in [3.8, 4) is 0 Å². The number of halogens is 1. The van der Waals surface area contributed by atoms with Gasteiger partial charge in [-0.3, -0.25) is 0 Å². The molecular weight excluding hydrogens is 307 g/mol. The second kappa shape index (κ2) is 3.50. The maximum absolute atomic E-state index is 11.1. The fourth-order valence-corrected chi connectivity index (χ4v) is 2.92. The summed E-state index contributed by atoms with van der Waals surface area (Å²) in [6.07, 6.45) is 2.71. The van der Waals surface area contributed by atoms with E-state index in [0.717, 1.165) is 30.6 Å². The molecule has 3 nitrogen and oxygen atoms in total. The van der Waals surface area contributed by atoms with E-state index in [1.165, 1.54) is 0 Å². The van der Waals surface area contributed by atoms with Gasteiger partial charge >= 0.3 is 5.97 Å². The maximum Gasteiger partial charge on any atom is 0.340 e. The molecule has 0 saturated heterocycles. The Labute approximate surface area is 102 Å². The lowest BCUT2D eigenvalue weighted by molar-refractivity contribution is 0.0693. The van der Waals surface area contributed by atoms with Crippen LogP contribution in [0.3, 0.4) is 0 Å². The van der Waals surface area contributed by atoms with Crippen LogP contribution < -0.4 is 0 Å². The molecule has 0 saturated carbocycles. The van der Waals surface area contributed by atoms with E-state index in [1.54, 1.807) is 0 Å². The zero-order chi connectivity index (χ0) is 11.2. The molecule has 0 radical (unpaired) electrons. The largest absolute Gasteiger partial charge is 0.478 e. The summed E-state index contributed by atoms with van der Waals surface area (Å²) in [4.78, 5) is 11.1. The highest BCUT2D eigenvalue weighted by molar-refractivity contribution is 14.1. The van der Waals surface area contributed by atoms with Crippen LogP contribution in [0.15, 0.2) is 4.42 Å². The third kappa shape index (κ3) is 1.91. The van der Waals surface area contributed by atoms with Crippen LogP contribution in [-0.4, -0.2) is 11.1 Å². The van der Waals surface area contributed by atoms with Gasteiger partial charge in [0.25, 0.3) is 0 Å². The highest BCUT2D eigenvalue weighted by Crippen LogP contribution is 2.39. The molecule has 1 aromatic heterocycles. The summed E-state index contributed by atoms with van der Waals surface area (Å²) < 4.78 is 6.01. The number of hydrogen-bond donors (Lipinski definition) is 1. The van der Waals surface area contributed by atoms with Gasteiger partial charge in [-0.15, -0.1) is 0 Å². The quantitative estimate of drug-likeness (QED) is 0.809. The van der Waals surface area contributed by atoms with Gasteiger partial charge in [-0.1, -0.05) is 13.8 Å².